The number of hydrogen-bond donors (Lipinski definition) is 1. The van der Waals surface area contributed by atoms with Gasteiger partial charge in [-0.2, -0.15) is 4.98 Å². The van der Waals surface area contributed by atoms with Gasteiger partial charge >= 0.3 is 0 Å². The van der Waals surface area contributed by atoms with Gasteiger partial charge in [-0.3, -0.25) is 4.79 Å². The van der Waals surface area contributed by atoms with E-state index in [-0.39, 0.29) is 17.6 Å². The average Bonchev–Trinajstić information content (AvgIpc) is 3.28. The summed E-state index contributed by atoms with van der Waals surface area (Å²) in [4.78, 5) is 17.0. The Bertz CT molecular complexity index is 1110. The van der Waals surface area contributed by atoms with Gasteiger partial charge in [0.1, 0.15) is 11.9 Å². The summed E-state index contributed by atoms with van der Waals surface area (Å²) in [5.41, 5.74) is 2.20. The lowest BCUT2D eigenvalue weighted by Crippen LogP contribution is -2.26. The molecule has 0 spiro atoms. The highest BCUT2D eigenvalue weighted by atomic mass is 19.1. The molecule has 1 N–H and O–H groups in total. The number of aromatic nitrogens is 3. The molecule has 4 aromatic rings. The second-order valence-corrected chi connectivity index (χ2v) is 6.33. The lowest BCUT2D eigenvalue weighted by atomic mass is 10.1. The Morgan fingerprint density at radius 1 is 1.19 bits per heavy atom. The second kappa shape index (κ2) is 6.68. The molecule has 1 amide bonds. The van der Waals surface area contributed by atoms with Gasteiger partial charge in [0.15, 0.2) is 0 Å². The number of fused-ring (bicyclic) bond motifs is 1. The molecule has 1 unspecified atom stereocenters. The molecule has 0 saturated heterocycles. The van der Waals surface area contributed by atoms with Gasteiger partial charge in [-0.05, 0) is 37.3 Å². The standard InChI is InChI=1S/C20H17FN4O2/c1-12(20-23-18(24-27-20)13-7-9-14(21)10-8-13)22-19(26)16-11-25(2)17-6-4-3-5-15(16)17/h3-12H,1-2H3,(H,22,26). The van der Waals surface area contributed by atoms with E-state index < -0.39 is 6.04 Å². The molecule has 136 valence electrons. The van der Waals surface area contributed by atoms with Gasteiger partial charge in [-0.15, -0.1) is 0 Å². The lowest BCUT2D eigenvalue weighted by Gasteiger charge is -2.08. The number of amides is 1. The van der Waals surface area contributed by atoms with Gasteiger partial charge in [0.05, 0.1) is 5.56 Å². The Kier molecular flexibility index (Phi) is 4.19. The van der Waals surface area contributed by atoms with Crippen LogP contribution in [0.3, 0.4) is 0 Å². The first-order valence-electron chi connectivity index (χ1n) is 8.47. The normalized spacial score (nSPS) is 12.3. The number of halogens is 1. The molecule has 6 nitrogen and oxygen atoms in total. The molecule has 2 aromatic carbocycles. The van der Waals surface area contributed by atoms with Crippen LogP contribution in [0.5, 0.6) is 0 Å². The van der Waals surface area contributed by atoms with Crippen molar-refractivity contribution in [3.05, 3.63) is 72.0 Å². The minimum atomic E-state index is -0.474. The second-order valence-electron chi connectivity index (χ2n) is 6.33. The summed E-state index contributed by atoms with van der Waals surface area (Å²) < 4.78 is 20.2. The van der Waals surface area contributed by atoms with E-state index in [4.69, 9.17) is 4.52 Å². The fourth-order valence-electron chi connectivity index (χ4n) is 2.99. The molecule has 7 heteroatoms. The van der Waals surface area contributed by atoms with E-state index in [0.717, 1.165) is 10.9 Å². The molecule has 1 atom stereocenters. The summed E-state index contributed by atoms with van der Waals surface area (Å²) in [7, 11) is 1.90. The quantitative estimate of drug-likeness (QED) is 0.597. The third-order valence-corrected chi connectivity index (χ3v) is 4.40. The van der Waals surface area contributed by atoms with E-state index in [0.29, 0.717) is 17.0 Å². The highest BCUT2D eigenvalue weighted by molar-refractivity contribution is 6.07. The van der Waals surface area contributed by atoms with Crippen molar-refractivity contribution >= 4 is 16.8 Å². The van der Waals surface area contributed by atoms with Crippen molar-refractivity contribution in [2.75, 3.05) is 0 Å². The monoisotopic (exact) mass is 364 g/mol. The number of rotatable bonds is 4. The third kappa shape index (κ3) is 3.19. The number of nitrogens with zero attached hydrogens (tertiary/aromatic N) is 3. The zero-order valence-corrected chi connectivity index (χ0v) is 14.8. The molecule has 0 fully saturated rings. The number of benzene rings is 2. The zero-order chi connectivity index (χ0) is 19.0. The first kappa shape index (κ1) is 17.0. The summed E-state index contributed by atoms with van der Waals surface area (Å²) >= 11 is 0. The first-order chi connectivity index (χ1) is 13.0. The van der Waals surface area contributed by atoms with Crippen molar-refractivity contribution in [1.82, 2.24) is 20.0 Å². The minimum Gasteiger partial charge on any atom is -0.350 e. The van der Waals surface area contributed by atoms with E-state index in [1.165, 1.54) is 12.1 Å². The summed E-state index contributed by atoms with van der Waals surface area (Å²) in [5.74, 6) is 0.0678. The Labute approximate surface area is 154 Å². The van der Waals surface area contributed by atoms with Gasteiger partial charge in [-0.25, -0.2) is 4.39 Å². The predicted octanol–water partition coefficient (Wildman–Crippen LogP) is 3.86. The van der Waals surface area contributed by atoms with Crippen molar-refractivity contribution in [1.29, 1.82) is 0 Å². The highest BCUT2D eigenvalue weighted by Crippen LogP contribution is 2.22. The van der Waals surface area contributed by atoms with Crippen LogP contribution in [0, 0.1) is 5.82 Å². The molecular formula is C20H17FN4O2. The van der Waals surface area contributed by atoms with Crippen LogP contribution in [0.1, 0.15) is 29.2 Å². The molecule has 0 aliphatic rings. The van der Waals surface area contributed by atoms with Crippen LogP contribution in [0.2, 0.25) is 0 Å². The van der Waals surface area contributed by atoms with Crippen LogP contribution >= 0.6 is 0 Å². The Hall–Kier alpha value is -3.48. The number of para-hydroxylation sites is 1. The zero-order valence-electron chi connectivity index (χ0n) is 14.8. The van der Waals surface area contributed by atoms with E-state index in [9.17, 15) is 9.18 Å². The molecular weight excluding hydrogens is 347 g/mol. The number of carbonyl (C=O) groups is 1. The summed E-state index contributed by atoms with van der Waals surface area (Å²) in [6.45, 7) is 1.77. The van der Waals surface area contributed by atoms with Crippen LogP contribution in [0.25, 0.3) is 22.3 Å². The Balaban J connectivity index is 1.54. The van der Waals surface area contributed by atoms with Gasteiger partial charge < -0.3 is 14.4 Å². The van der Waals surface area contributed by atoms with Crippen LogP contribution in [0.4, 0.5) is 4.39 Å². The molecule has 2 aromatic heterocycles. The molecule has 0 aliphatic heterocycles. The van der Waals surface area contributed by atoms with Crippen LogP contribution in [0.15, 0.2) is 59.3 Å². The Morgan fingerprint density at radius 3 is 2.70 bits per heavy atom. The summed E-state index contributed by atoms with van der Waals surface area (Å²) in [6.07, 6.45) is 1.80. The van der Waals surface area contributed by atoms with Gasteiger partial charge in [-0.1, -0.05) is 23.4 Å². The van der Waals surface area contributed by atoms with Crippen molar-refractivity contribution in [2.24, 2.45) is 7.05 Å². The molecule has 2 heterocycles. The number of carbonyl (C=O) groups excluding carboxylic acids is 1. The van der Waals surface area contributed by atoms with Crippen molar-refractivity contribution in [3.63, 3.8) is 0 Å². The largest absolute Gasteiger partial charge is 0.350 e. The average molecular weight is 364 g/mol. The molecule has 0 bridgehead atoms. The molecule has 27 heavy (non-hydrogen) atoms. The topological polar surface area (TPSA) is 73.0 Å². The maximum absolute atomic E-state index is 13.0. The highest BCUT2D eigenvalue weighted by Gasteiger charge is 2.20. The molecule has 4 rings (SSSR count). The van der Waals surface area contributed by atoms with E-state index in [1.54, 1.807) is 25.3 Å². The maximum atomic E-state index is 13.0. The Morgan fingerprint density at radius 2 is 1.93 bits per heavy atom. The van der Waals surface area contributed by atoms with E-state index >= 15 is 0 Å². The van der Waals surface area contributed by atoms with E-state index in [2.05, 4.69) is 15.5 Å². The predicted molar refractivity (Wildman–Crippen MR) is 98.5 cm³/mol. The summed E-state index contributed by atoms with van der Waals surface area (Å²) in [5, 5.41) is 7.67. The first-order valence-corrected chi connectivity index (χ1v) is 8.47. The lowest BCUT2D eigenvalue weighted by molar-refractivity contribution is 0.0934. The van der Waals surface area contributed by atoms with Crippen LogP contribution < -0.4 is 5.32 Å². The molecule has 0 radical (unpaired) electrons. The van der Waals surface area contributed by atoms with Crippen molar-refractivity contribution < 1.29 is 13.7 Å². The molecule has 0 aliphatic carbocycles. The SMILES string of the molecule is CC(NC(=O)c1cn(C)c2ccccc12)c1nc(-c2ccc(F)cc2)no1. The minimum absolute atomic E-state index is 0.221. The fourth-order valence-corrected chi connectivity index (χ4v) is 2.99. The number of aryl methyl sites for hydroxylation is 1. The third-order valence-electron chi connectivity index (χ3n) is 4.40. The molecule has 0 saturated carbocycles. The van der Waals surface area contributed by atoms with Crippen LogP contribution in [-0.2, 0) is 7.05 Å². The smallest absolute Gasteiger partial charge is 0.254 e. The summed E-state index contributed by atoms with van der Waals surface area (Å²) in [6, 6.07) is 13.0. The number of hydrogen-bond acceptors (Lipinski definition) is 4. The van der Waals surface area contributed by atoms with Gasteiger partial charge in [0.25, 0.3) is 5.91 Å². The van der Waals surface area contributed by atoms with Crippen molar-refractivity contribution in [3.8, 4) is 11.4 Å². The van der Waals surface area contributed by atoms with Gasteiger partial charge in [0, 0.05) is 29.7 Å². The number of nitrogens with one attached hydrogen (secondary N) is 1. The van der Waals surface area contributed by atoms with Gasteiger partial charge in [0.2, 0.25) is 11.7 Å². The fraction of sp³-hybridized carbons (Fsp3) is 0.150. The van der Waals surface area contributed by atoms with E-state index in [1.807, 2.05) is 35.9 Å². The van der Waals surface area contributed by atoms with Crippen LogP contribution in [-0.4, -0.2) is 20.6 Å². The maximum Gasteiger partial charge on any atom is 0.254 e. The van der Waals surface area contributed by atoms with Crippen molar-refractivity contribution in [2.45, 2.75) is 13.0 Å².